The SMILES string of the molecule is CCSc1nc(N)nc2sc(CC)cc12. The van der Waals surface area contributed by atoms with Gasteiger partial charge in [0.05, 0.1) is 0 Å². The van der Waals surface area contributed by atoms with E-state index in [0.29, 0.717) is 5.95 Å². The van der Waals surface area contributed by atoms with E-state index in [1.54, 1.807) is 23.1 Å². The van der Waals surface area contributed by atoms with Crippen molar-refractivity contribution in [1.29, 1.82) is 0 Å². The zero-order valence-corrected chi connectivity index (χ0v) is 10.4. The first-order chi connectivity index (χ1) is 7.24. The van der Waals surface area contributed by atoms with E-state index < -0.39 is 0 Å². The highest BCUT2D eigenvalue weighted by molar-refractivity contribution is 7.99. The van der Waals surface area contributed by atoms with Gasteiger partial charge in [-0.1, -0.05) is 13.8 Å². The number of anilines is 1. The van der Waals surface area contributed by atoms with E-state index in [1.807, 2.05) is 0 Å². The highest BCUT2D eigenvalue weighted by Crippen LogP contribution is 2.31. The Morgan fingerprint density at radius 1 is 1.40 bits per heavy atom. The molecule has 2 N–H and O–H groups in total. The summed E-state index contributed by atoms with van der Waals surface area (Å²) in [4.78, 5) is 10.9. The second-order valence-electron chi connectivity index (χ2n) is 3.11. The molecule has 0 radical (unpaired) electrons. The van der Waals surface area contributed by atoms with Gasteiger partial charge in [-0.2, -0.15) is 0 Å². The fourth-order valence-electron chi connectivity index (χ4n) is 1.38. The van der Waals surface area contributed by atoms with E-state index in [-0.39, 0.29) is 0 Å². The van der Waals surface area contributed by atoms with Crippen molar-refractivity contribution in [3.8, 4) is 0 Å². The fraction of sp³-hybridized carbons (Fsp3) is 0.400. The minimum atomic E-state index is 0.378. The lowest BCUT2D eigenvalue weighted by Gasteiger charge is -2.00. The first-order valence-electron chi connectivity index (χ1n) is 4.93. The van der Waals surface area contributed by atoms with Gasteiger partial charge in [-0.3, -0.25) is 0 Å². The predicted molar refractivity (Wildman–Crippen MR) is 67.6 cm³/mol. The zero-order chi connectivity index (χ0) is 10.8. The van der Waals surface area contributed by atoms with Gasteiger partial charge in [0.15, 0.2) is 0 Å². The van der Waals surface area contributed by atoms with Crippen LogP contribution in [0.3, 0.4) is 0 Å². The number of aryl methyl sites for hydroxylation is 1. The van der Waals surface area contributed by atoms with Crippen molar-refractivity contribution in [2.75, 3.05) is 11.5 Å². The first-order valence-corrected chi connectivity index (χ1v) is 6.73. The molecule has 2 heterocycles. The van der Waals surface area contributed by atoms with Crippen molar-refractivity contribution in [2.45, 2.75) is 25.3 Å². The molecule has 80 valence electrons. The number of aromatic nitrogens is 2. The predicted octanol–water partition coefficient (Wildman–Crippen LogP) is 2.95. The lowest BCUT2D eigenvalue weighted by Crippen LogP contribution is -1.95. The van der Waals surface area contributed by atoms with Gasteiger partial charge in [0, 0.05) is 10.3 Å². The third-order valence-electron chi connectivity index (χ3n) is 2.06. The van der Waals surface area contributed by atoms with Crippen molar-refractivity contribution in [3.05, 3.63) is 10.9 Å². The fourth-order valence-corrected chi connectivity index (χ4v) is 3.16. The minimum Gasteiger partial charge on any atom is -0.368 e. The van der Waals surface area contributed by atoms with Crippen molar-refractivity contribution in [2.24, 2.45) is 0 Å². The number of nitrogens with zero attached hydrogens (tertiary/aromatic N) is 2. The minimum absolute atomic E-state index is 0.378. The molecule has 0 atom stereocenters. The van der Waals surface area contributed by atoms with E-state index in [4.69, 9.17) is 5.73 Å². The molecular formula is C10H13N3S2. The maximum Gasteiger partial charge on any atom is 0.222 e. The number of rotatable bonds is 3. The molecule has 0 spiro atoms. The van der Waals surface area contributed by atoms with Crippen LogP contribution in [-0.2, 0) is 6.42 Å². The third kappa shape index (κ3) is 2.08. The Hall–Kier alpha value is -0.810. The van der Waals surface area contributed by atoms with Gasteiger partial charge < -0.3 is 5.73 Å². The van der Waals surface area contributed by atoms with E-state index in [9.17, 15) is 0 Å². The summed E-state index contributed by atoms with van der Waals surface area (Å²) in [7, 11) is 0. The number of fused-ring (bicyclic) bond motifs is 1. The Labute approximate surface area is 97.1 Å². The number of nitrogens with two attached hydrogens (primary N) is 1. The van der Waals surface area contributed by atoms with E-state index in [0.717, 1.165) is 27.4 Å². The molecule has 15 heavy (non-hydrogen) atoms. The molecule has 5 heteroatoms. The summed E-state index contributed by atoms with van der Waals surface area (Å²) in [6.45, 7) is 4.26. The second-order valence-corrected chi connectivity index (χ2v) is 5.47. The second kappa shape index (κ2) is 4.37. The van der Waals surface area contributed by atoms with Gasteiger partial charge in [0.2, 0.25) is 5.95 Å². The Kier molecular flexibility index (Phi) is 3.11. The molecule has 0 aliphatic rings. The molecule has 0 aliphatic heterocycles. The van der Waals surface area contributed by atoms with Gasteiger partial charge in [-0.15, -0.1) is 23.1 Å². The van der Waals surface area contributed by atoms with Gasteiger partial charge in [-0.25, -0.2) is 9.97 Å². The van der Waals surface area contributed by atoms with Crippen molar-refractivity contribution in [1.82, 2.24) is 9.97 Å². The molecule has 2 rings (SSSR count). The maximum atomic E-state index is 5.68. The molecular weight excluding hydrogens is 226 g/mol. The maximum absolute atomic E-state index is 5.68. The van der Waals surface area contributed by atoms with Crippen LogP contribution in [0.2, 0.25) is 0 Å². The van der Waals surface area contributed by atoms with Crippen LogP contribution in [0.1, 0.15) is 18.7 Å². The molecule has 2 aromatic rings. The number of thioether (sulfide) groups is 1. The van der Waals surface area contributed by atoms with Crippen molar-refractivity contribution >= 4 is 39.3 Å². The summed E-state index contributed by atoms with van der Waals surface area (Å²) in [6.07, 6.45) is 1.04. The smallest absolute Gasteiger partial charge is 0.222 e. The normalized spacial score (nSPS) is 11.1. The van der Waals surface area contributed by atoms with Gasteiger partial charge in [0.1, 0.15) is 9.86 Å². The molecule has 0 saturated heterocycles. The Balaban J connectivity index is 2.61. The molecule has 0 amide bonds. The standard InChI is InChI=1S/C10H13N3S2/c1-3-6-5-7-8(14-4-2)12-10(11)13-9(7)15-6/h5H,3-4H2,1-2H3,(H2,11,12,13). The zero-order valence-electron chi connectivity index (χ0n) is 8.78. The number of hydrogen-bond acceptors (Lipinski definition) is 5. The molecule has 0 unspecified atom stereocenters. The van der Waals surface area contributed by atoms with Crippen molar-refractivity contribution in [3.63, 3.8) is 0 Å². The molecule has 0 fully saturated rings. The van der Waals surface area contributed by atoms with Crippen molar-refractivity contribution < 1.29 is 0 Å². The summed E-state index contributed by atoms with van der Waals surface area (Å²) in [5, 5.41) is 2.16. The number of nitrogen functional groups attached to an aromatic ring is 1. The Morgan fingerprint density at radius 2 is 2.20 bits per heavy atom. The topological polar surface area (TPSA) is 51.8 Å². The number of thiophene rings is 1. The molecule has 0 aromatic carbocycles. The van der Waals surface area contributed by atoms with E-state index in [1.165, 1.54) is 4.88 Å². The summed E-state index contributed by atoms with van der Waals surface area (Å²) in [6, 6.07) is 2.18. The molecule has 0 saturated carbocycles. The van der Waals surface area contributed by atoms with Crippen LogP contribution < -0.4 is 5.73 Å². The highest BCUT2D eigenvalue weighted by Gasteiger charge is 2.09. The van der Waals surface area contributed by atoms with E-state index >= 15 is 0 Å². The molecule has 0 aliphatic carbocycles. The van der Waals surface area contributed by atoms with Crippen LogP contribution in [-0.4, -0.2) is 15.7 Å². The van der Waals surface area contributed by atoms with Crippen LogP contribution in [0.25, 0.3) is 10.2 Å². The number of hydrogen-bond donors (Lipinski definition) is 1. The first kappa shape index (κ1) is 10.7. The monoisotopic (exact) mass is 239 g/mol. The molecule has 3 nitrogen and oxygen atoms in total. The van der Waals surface area contributed by atoms with E-state index in [2.05, 4.69) is 29.9 Å². The average Bonchev–Trinajstić information content (AvgIpc) is 2.61. The van der Waals surface area contributed by atoms with Gasteiger partial charge in [-0.05, 0) is 18.2 Å². The van der Waals surface area contributed by atoms with Crippen LogP contribution in [0.5, 0.6) is 0 Å². The van der Waals surface area contributed by atoms with Crippen LogP contribution in [0.4, 0.5) is 5.95 Å². The lowest BCUT2D eigenvalue weighted by atomic mass is 10.3. The Morgan fingerprint density at radius 3 is 2.87 bits per heavy atom. The van der Waals surface area contributed by atoms with Crippen LogP contribution in [0.15, 0.2) is 11.1 Å². The third-order valence-corrected chi connectivity index (χ3v) is 4.10. The quantitative estimate of drug-likeness (QED) is 0.661. The highest BCUT2D eigenvalue weighted by atomic mass is 32.2. The average molecular weight is 239 g/mol. The van der Waals surface area contributed by atoms with Gasteiger partial charge >= 0.3 is 0 Å². The van der Waals surface area contributed by atoms with Crippen LogP contribution >= 0.6 is 23.1 Å². The molecule has 2 aromatic heterocycles. The Bertz CT molecular complexity index is 479. The largest absolute Gasteiger partial charge is 0.368 e. The summed E-state index contributed by atoms with van der Waals surface area (Å²) in [5.74, 6) is 1.38. The summed E-state index contributed by atoms with van der Waals surface area (Å²) >= 11 is 3.43. The summed E-state index contributed by atoms with van der Waals surface area (Å²) < 4.78 is 0. The van der Waals surface area contributed by atoms with Crippen LogP contribution in [0, 0.1) is 0 Å². The lowest BCUT2D eigenvalue weighted by molar-refractivity contribution is 1.12. The summed E-state index contributed by atoms with van der Waals surface area (Å²) in [5.41, 5.74) is 5.68. The molecule has 0 bridgehead atoms. The van der Waals surface area contributed by atoms with Gasteiger partial charge in [0.25, 0.3) is 0 Å².